The van der Waals surface area contributed by atoms with Gasteiger partial charge in [-0.25, -0.2) is 4.79 Å². The molecular formula is C11H14N2O2. The van der Waals surface area contributed by atoms with E-state index in [1.165, 1.54) is 0 Å². The molecule has 0 bridgehead atoms. The maximum atomic E-state index is 10.5. The molecule has 80 valence electrons. The van der Waals surface area contributed by atoms with E-state index in [0.717, 1.165) is 5.56 Å². The van der Waals surface area contributed by atoms with E-state index in [2.05, 4.69) is 11.6 Å². The average molecular weight is 206 g/mol. The number of pyridine rings is 1. The normalized spacial score (nSPS) is 10.3. The molecule has 0 amide bonds. The molecule has 0 aliphatic rings. The summed E-state index contributed by atoms with van der Waals surface area (Å²) in [5.74, 6) is -0.951. The van der Waals surface area contributed by atoms with Crippen molar-refractivity contribution in [3.8, 4) is 0 Å². The summed E-state index contributed by atoms with van der Waals surface area (Å²) >= 11 is 0. The summed E-state index contributed by atoms with van der Waals surface area (Å²) in [5.41, 5.74) is 1.25. The third-order valence-electron chi connectivity index (χ3n) is 1.94. The van der Waals surface area contributed by atoms with E-state index in [0.29, 0.717) is 13.1 Å². The van der Waals surface area contributed by atoms with Gasteiger partial charge in [0, 0.05) is 31.1 Å². The number of carboxylic acids is 1. The van der Waals surface area contributed by atoms with E-state index < -0.39 is 5.97 Å². The minimum Gasteiger partial charge on any atom is -0.478 e. The van der Waals surface area contributed by atoms with Crippen molar-refractivity contribution < 1.29 is 9.90 Å². The zero-order valence-electron chi connectivity index (χ0n) is 8.68. The van der Waals surface area contributed by atoms with Crippen LogP contribution in [0.5, 0.6) is 0 Å². The molecule has 0 atom stereocenters. The van der Waals surface area contributed by atoms with Crippen LogP contribution < -0.4 is 0 Å². The molecule has 1 aromatic heterocycles. The highest BCUT2D eigenvalue weighted by Gasteiger charge is 2.07. The van der Waals surface area contributed by atoms with Crippen LogP contribution in [0.3, 0.4) is 0 Å². The lowest BCUT2D eigenvalue weighted by Gasteiger charge is -2.15. The Labute approximate surface area is 88.9 Å². The first-order chi connectivity index (χ1) is 7.09. The van der Waals surface area contributed by atoms with Gasteiger partial charge in [0.15, 0.2) is 0 Å². The predicted molar refractivity (Wildman–Crippen MR) is 57.3 cm³/mol. The zero-order chi connectivity index (χ0) is 11.3. The van der Waals surface area contributed by atoms with Gasteiger partial charge in [-0.2, -0.15) is 0 Å². The van der Waals surface area contributed by atoms with Gasteiger partial charge in [-0.1, -0.05) is 12.6 Å². The Morgan fingerprint density at radius 3 is 2.93 bits per heavy atom. The molecule has 0 fully saturated rings. The van der Waals surface area contributed by atoms with Crippen molar-refractivity contribution in [2.75, 3.05) is 13.6 Å². The molecule has 0 aromatic carbocycles. The summed E-state index contributed by atoms with van der Waals surface area (Å²) in [5, 5.41) is 8.66. The standard InChI is InChI=1S/C11H14N2O2/c1-9(11(14)15)7-13(2)8-10-4-3-5-12-6-10/h3-6H,1,7-8H2,2H3,(H,14,15). The molecule has 15 heavy (non-hydrogen) atoms. The third kappa shape index (κ3) is 3.91. The lowest BCUT2D eigenvalue weighted by atomic mass is 10.2. The van der Waals surface area contributed by atoms with E-state index in [-0.39, 0.29) is 5.57 Å². The molecule has 4 heteroatoms. The van der Waals surface area contributed by atoms with Gasteiger partial charge in [-0.05, 0) is 18.7 Å². The van der Waals surface area contributed by atoms with E-state index in [9.17, 15) is 4.79 Å². The topological polar surface area (TPSA) is 53.4 Å². The summed E-state index contributed by atoms with van der Waals surface area (Å²) in [4.78, 5) is 16.4. The second kappa shape index (κ2) is 5.26. The maximum Gasteiger partial charge on any atom is 0.332 e. The highest BCUT2D eigenvalue weighted by molar-refractivity contribution is 5.86. The van der Waals surface area contributed by atoms with Crippen LogP contribution in [0.1, 0.15) is 5.56 Å². The van der Waals surface area contributed by atoms with Gasteiger partial charge in [0.2, 0.25) is 0 Å². The fourth-order valence-corrected chi connectivity index (χ4v) is 1.25. The van der Waals surface area contributed by atoms with Crippen LogP contribution >= 0.6 is 0 Å². The van der Waals surface area contributed by atoms with Crippen LogP contribution in [-0.2, 0) is 11.3 Å². The summed E-state index contributed by atoms with van der Waals surface area (Å²) in [6.07, 6.45) is 3.47. The van der Waals surface area contributed by atoms with Crippen LogP contribution in [0.15, 0.2) is 36.7 Å². The Kier molecular flexibility index (Phi) is 4.00. The number of carboxylic acid groups (broad SMARTS) is 1. The van der Waals surface area contributed by atoms with Gasteiger partial charge in [0.25, 0.3) is 0 Å². The largest absolute Gasteiger partial charge is 0.478 e. The molecule has 1 N–H and O–H groups in total. The molecule has 0 aliphatic carbocycles. The Hall–Kier alpha value is -1.68. The molecule has 0 saturated heterocycles. The molecule has 0 spiro atoms. The van der Waals surface area contributed by atoms with Gasteiger partial charge >= 0.3 is 5.97 Å². The maximum absolute atomic E-state index is 10.5. The highest BCUT2D eigenvalue weighted by Crippen LogP contribution is 2.02. The first-order valence-corrected chi connectivity index (χ1v) is 4.58. The Balaban J connectivity index is 2.46. The predicted octanol–water partition coefficient (Wildman–Crippen LogP) is 1.15. The highest BCUT2D eigenvalue weighted by atomic mass is 16.4. The van der Waals surface area contributed by atoms with Crippen molar-refractivity contribution in [3.05, 3.63) is 42.2 Å². The Morgan fingerprint density at radius 2 is 2.40 bits per heavy atom. The van der Waals surface area contributed by atoms with Crippen molar-refractivity contribution in [2.45, 2.75) is 6.54 Å². The molecule has 1 heterocycles. The molecule has 0 aliphatic heterocycles. The molecule has 1 rings (SSSR count). The number of aromatic nitrogens is 1. The SMILES string of the molecule is C=C(CN(C)Cc1cccnc1)C(=O)O. The number of hydrogen-bond acceptors (Lipinski definition) is 3. The molecule has 0 radical (unpaired) electrons. The van der Waals surface area contributed by atoms with Crippen LogP contribution in [0, 0.1) is 0 Å². The van der Waals surface area contributed by atoms with E-state index in [1.807, 2.05) is 24.1 Å². The first kappa shape index (κ1) is 11.4. The van der Waals surface area contributed by atoms with Gasteiger partial charge in [0.1, 0.15) is 0 Å². The second-order valence-corrected chi connectivity index (χ2v) is 3.44. The first-order valence-electron chi connectivity index (χ1n) is 4.58. The molecule has 1 aromatic rings. The average Bonchev–Trinajstić information content (AvgIpc) is 2.18. The van der Waals surface area contributed by atoms with E-state index in [1.54, 1.807) is 12.4 Å². The van der Waals surface area contributed by atoms with Crippen molar-refractivity contribution in [1.82, 2.24) is 9.88 Å². The minimum atomic E-state index is -0.951. The Bertz CT molecular complexity index is 349. The van der Waals surface area contributed by atoms with E-state index >= 15 is 0 Å². The molecule has 0 saturated carbocycles. The smallest absolute Gasteiger partial charge is 0.332 e. The number of likely N-dealkylation sites (N-methyl/N-ethyl adjacent to an activating group) is 1. The number of nitrogens with zero attached hydrogens (tertiary/aromatic N) is 2. The summed E-state index contributed by atoms with van der Waals surface area (Å²) in [6.45, 7) is 4.50. The van der Waals surface area contributed by atoms with Crippen molar-refractivity contribution in [2.24, 2.45) is 0 Å². The summed E-state index contributed by atoms with van der Waals surface area (Å²) in [7, 11) is 1.85. The molecular weight excluding hydrogens is 192 g/mol. The summed E-state index contributed by atoms with van der Waals surface area (Å²) in [6, 6.07) is 3.81. The third-order valence-corrected chi connectivity index (χ3v) is 1.94. The molecule has 4 nitrogen and oxygen atoms in total. The van der Waals surface area contributed by atoms with Gasteiger partial charge in [-0.3, -0.25) is 9.88 Å². The van der Waals surface area contributed by atoms with Crippen LogP contribution in [0.4, 0.5) is 0 Å². The summed E-state index contributed by atoms with van der Waals surface area (Å²) < 4.78 is 0. The number of carbonyl (C=O) groups is 1. The minimum absolute atomic E-state index is 0.196. The monoisotopic (exact) mass is 206 g/mol. The lowest BCUT2D eigenvalue weighted by Crippen LogP contribution is -2.23. The lowest BCUT2D eigenvalue weighted by molar-refractivity contribution is -0.132. The Morgan fingerprint density at radius 1 is 1.67 bits per heavy atom. The van der Waals surface area contributed by atoms with E-state index in [4.69, 9.17) is 5.11 Å². The fraction of sp³-hybridized carbons (Fsp3) is 0.273. The van der Waals surface area contributed by atoms with Crippen molar-refractivity contribution in [1.29, 1.82) is 0 Å². The number of rotatable bonds is 5. The van der Waals surface area contributed by atoms with Crippen LogP contribution in [-0.4, -0.2) is 34.6 Å². The van der Waals surface area contributed by atoms with Gasteiger partial charge in [0.05, 0.1) is 0 Å². The van der Waals surface area contributed by atoms with Crippen LogP contribution in [0.2, 0.25) is 0 Å². The fourth-order valence-electron chi connectivity index (χ4n) is 1.25. The van der Waals surface area contributed by atoms with Crippen molar-refractivity contribution in [3.63, 3.8) is 0 Å². The van der Waals surface area contributed by atoms with Gasteiger partial charge < -0.3 is 5.11 Å². The van der Waals surface area contributed by atoms with Crippen molar-refractivity contribution >= 4 is 5.97 Å². The van der Waals surface area contributed by atoms with Gasteiger partial charge in [-0.15, -0.1) is 0 Å². The zero-order valence-corrected chi connectivity index (χ0v) is 8.68. The van der Waals surface area contributed by atoms with Crippen LogP contribution in [0.25, 0.3) is 0 Å². The second-order valence-electron chi connectivity index (χ2n) is 3.44. The number of aliphatic carboxylic acids is 1. The molecule has 0 unspecified atom stereocenters. The quantitative estimate of drug-likeness (QED) is 0.734. The number of hydrogen-bond donors (Lipinski definition) is 1.